The molecule has 8 nitrogen and oxygen atoms in total. The average Bonchev–Trinajstić information content (AvgIpc) is 3.44. The molecule has 0 atom stereocenters. The SMILES string of the molecule is O=C(Cc1csc(NC(=O)c2ccco2)n1)Nc1nc(-c2cccnc2)cs1. The minimum atomic E-state index is -0.388. The largest absolute Gasteiger partial charge is 0.459 e. The topological polar surface area (TPSA) is 110 Å². The molecule has 0 radical (unpaired) electrons. The first-order valence-corrected chi connectivity index (χ1v) is 9.88. The Balaban J connectivity index is 1.34. The smallest absolute Gasteiger partial charge is 0.293 e. The van der Waals surface area contributed by atoms with E-state index >= 15 is 0 Å². The molecule has 0 unspecified atom stereocenters. The summed E-state index contributed by atoms with van der Waals surface area (Å²) >= 11 is 2.58. The van der Waals surface area contributed by atoms with Crippen LogP contribution in [0.5, 0.6) is 0 Å². The molecule has 0 aromatic carbocycles. The molecule has 28 heavy (non-hydrogen) atoms. The number of nitrogens with zero attached hydrogens (tertiary/aromatic N) is 3. The Morgan fingerprint density at radius 2 is 1.89 bits per heavy atom. The van der Waals surface area contributed by atoms with Crippen LogP contribution in [0.3, 0.4) is 0 Å². The maximum Gasteiger partial charge on any atom is 0.293 e. The van der Waals surface area contributed by atoms with Crippen molar-refractivity contribution in [3.63, 3.8) is 0 Å². The molecule has 0 bridgehead atoms. The molecule has 0 spiro atoms. The Morgan fingerprint density at radius 1 is 1.04 bits per heavy atom. The zero-order chi connectivity index (χ0) is 19.3. The van der Waals surface area contributed by atoms with Crippen molar-refractivity contribution in [3.8, 4) is 11.3 Å². The third-order valence-corrected chi connectivity index (χ3v) is 5.13. The van der Waals surface area contributed by atoms with E-state index in [0.29, 0.717) is 16.0 Å². The van der Waals surface area contributed by atoms with Gasteiger partial charge in [0.25, 0.3) is 5.91 Å². The Bertz CT molecular complexity index is 1090. The summed E-state index contributed by atoms with van der Waals surface area (Å²) in [5.74, 6) is -0.426. The van der Waals surface area contributed by atoms with Crippen LogP contribution in [-0.4, -0.2) is 26.8 Å². The van der Waals surface area contributed by atoms with Gasteiger partial charge in [0.2, 0.25) is 5.91 Å². The number of nitrogens with one attached hydrogen (secondary N) is 2. The van der Waals surface area contributed by atoms with E-state index < -0.39 is 0 Å². The first-order valence-electron chi connectivity index (χ1n) is 8.12. The number of rotatable bonds is 6. The first kappa shape index (κ1) is 18.0. The summed E-state index contributed by atoms with van der Waals surface area (Å²) in [5.41, 5.74) is 2.20. The van der Waals surface area contributed by atoms with Crippen molar-refractivity contribution >= 4 is 44.8 Å². The Morgan fingerprint density at radius 3 is 2.68 bits per heavy atom. The second-order valence-electron chi connectivity index (χ2n) is 5.58. The molecule has 0 fully saturated rings. The van der Waals surface area contributed by atoms with Crippen LogP contribution in [0.4, 0.5) is 10.3 Å². The molecule has 0 aliphatic rings. The van der Waals surface area contributed by atoms with E-state index in [9.17, 15) is 9.59 Å². The van der Waals surface area contributed by atoms with Crippen molar-refractivity contribution in [2.24, 2.45) is 0 Å². The van der Waals surface area contributed by atoms with Gasteiger partial charge in [0.1, 0.15) is 0 Å². The number of thiazole rings is 2. The third kappa shape index (κ3) is 4.30. The summed E-state index contributed by atoms with van der Waals surface area (Å²) in [4.78, 5) is 36.9. The van der Waals surface area contributed by atoms with E-state index in [-0.39, 0.29) is 24.0 Å². The van der Waals surface area contributed by atoms with Gasteiger partial charge in [0, 0.05) is 28.7 Å². The summed E-state index contributed by atoms with van der Waals surface area (Å²) in [6, 6.07) is 6.93. The van der Waals surface area contributed by atoms with Crippen LogP contribution in [0, 0.1) is 0 Å². The van der Waals surface area contributed by atoms with E-state index in [1.165, 1.54) is 28.9 Å². The van der Waals surface area contributed by atoms with Crippen molar-refractivity contribution in [3.05, 3.63) is 65.1 Å². The molecular weight excluding hydrogens is 398 g/mol. The Kier molecular flexibility index (Phi) is 5.22. The summed E-state index contributed by atoms with van der Waals surface area (Å²) < 4.78 is 5.03. The highest BCUT2D eigenvalue weighted by Gasteiger charge is 2.14. The predicted molar refractivity (Wildman–Crippen MR) is 106 cm³/mol. The maximum atomic E-state index is 12.3. The molecule has 4 rings (SSSR count). The van der Waals surface area contributed by atoms with Gasteiger partial charge in [-0.1, -0.05) is 0 Å². The maximum absolute atomic E-state index is 12.3. The molecule has 10 heteroatoms. The summed E-state index contributed by atoms with van der Waals surface area (Å²) in [5, 5.41) is 9.89. The van der Waals surface area contributed by atoms with Gasteiger partial charge < -0.3 is 9.73 Å². The average molecular weight is 411 g/mol. The lowest BCUT2D eigenvalue weighted by Gasteiger charge is -2.00. The Hall–Kier alpha value is -3.37. The van der Waals surface area contributed by atoms with E-state index in [4.69, 9.17) is 4.42 Å². The van der Waals surface area contributed by atoms with Crippen molar-refractivity contribution in [2.45, 2.75) is 6.42 Å². The van der Waals surface area contributed by atoms with Crippen molar-refractivity contribution < 1.29 is 14.0 Å². The number of carbonyl (C=O) groups is 2. The number of anilines is 2. The molecule has 2 N–H and O–H groups in total. The zero-order valence-electron chi connectivity index (χ0n) is 14.3. The van der Waals surface area contributed by atoms with Crippen LogP contribution in [0.1, 0.15) is 16.2 Å². The zero-order valence-corrected chi connectivity index (χ0v) is 15.9. The van der Waals surface area contributed by atoms with Gasteiger partial charge in [0.05, 0.1) is 24.1 Å². The first-order chi connectivity index (χ1) is 13.7. The minimum Gasteiger partial charge on any atom is -0.459 e. The van der Waals surface area contributed by atoms with Gasteiger partial charge in [-0.15, -0.1) is 22.7 Å². The van der Waals surface area contributed by atoms with E-state index in [1.54, 1.807) is 29.9 Å². The summed E-state index contributed by atoms with van der Waals surface area (Å²) in [7, 11) is 0. The number of amides is 2. The number of furan rings is 1. The number of aromatic nitrogens is 3. The molecule has 2 amide bonds. The molecule has 4 heterocycles. The minimum absolute atomic E-state index is 0.0783. The van der Waals surface area contributed by atoms with Crippen molar-refractivity contribution in [1.82, 2.24) is 15.0 Å². The van der Waals surface area contributed by atoms with Gasteiger partial charge in [-0.05, 0) is 24.3 Å². The van der Waals surface area contributed by atoms with Gasteiger partial charge >= 0.3 is 0 Å². The normalized spacial score (nSPS) is 10.6. The van der Waals surface area contributed by atoms with Crippen LogP contribution < -0.4 is 10.6 Å². The summed E-state index contributed by atoms with van der Waals surface area (Å²) in [6.07, 6.45) is 4.91. The molecule has 4 aromatic rings. The predicted octanol–water partition coefficient (Wildman–Crippen LogP) is 3.69. The lowest BCUT2D eigenvalue weighted by molar-refractivity contribution is -0.115. The van der Waals surface area contributed by atoms with Crippen LogP contribution in [-0.2, 0) is 11.2 Å². The second-order valence-corrected chi connectivity index (χ2v) is 7.30. The standard InChI is InChI=1S/C18H13N5O3S2/c24-15(22-18-21-13(10-28-18)11-3-1-5-19-8-11)7-12-9-27-17(20-12)23-16(25)14-4-2-6-26-14/h1-6,8-10H,7H2,(H,20,23,25)(H,21,22,24). The Labute approximate surface area is 167 Å². The number of pyridine rings is 1. The molecule has 0 aliphatic heterocycles. The van der Waals surface area contributed by atoms with E-state index in [2.05, 4.69) is 25.6 Å². The van der Waals surface area contributed by atoms with Crippen LogP contribution >= 0.6 is 22.7 Å². The lowest BCUT2D eigenvalue weighted by Crippen LogP contribution is -2.15. The van der Waals surface area contributed by atoms with Crippen LogP contribution in [0.15, 0.2) is 58.1 Å². The van der Waals surface area contributed by atoms with Gasteiger partial charge in [0.15, 0.2) is 16.0 Å². The molecule has 4 aromatic heterocycles. The van der Waals surface area contributed by atoms with Crippen molar-refractivity contribution in [2.75, 3.05) is 10.6 Å². The van der Waals surface area contributed by atoms with Gasteiger partial charge in [-0.3, -0.25) is 19.9 Å². The van der Waals surface area contributed by atoms with Gasteiger partial charge in [-0.25, -0.2) is 9.97 Å². The highest BCUT2D eigenvalue weighted by molar-refractivity contribution is 7.14. The van der Waals surface area contributed by atoms with E-state index in [1.807, 2.05) is 17.5 Å². The number of hydrogen-bond acceptors (Lipinski definition) is 8. The highest BCUT2D eigenvalue weighted by Crippen LogP contribution is 2.24. The number of hydrogen-bond donors (Lipinski definition) is 2. The monoisotopic (exact) mass is 411 g/mol. The number of carbonyl (C=O) groups excluding carboxylic acids is 2. The fraction of sp³-hybridized carbons (Fsp3) is 0.0556. The highest BCUT2D eigenvalue weighted by atomic mass is 32.1. The summed E-state index contributed by atoms with van der Waals surface area (Å²) in [6.45, 7) is 0. The molecule has 140 valence electrons. The van der Waals surface area contributed by atoms with E-state index in [0.717, 1.165) is 11.3 Å². The van der Waals surface area contributed by atoms with Crippen molar-refractivity contribution in [1.29, 1.82) is 0 Å². The molecule has 0 saturated heterocycles. The molecule has 0 aliphatic carbocycles. The second kappa shape index (κ2) is 8.11. The fourth-order valence-corrected chi connectivity index (χ4v) is 3.76. The molecule has 0 saturated carbocycles. The lowest BCUT2D eigenvalue weighted by atomic mass is 10.2. The quantitative estimate of drug-likeness (QED) is 0.501. The van der Waals surface area contributed by atoms with Crippen LogP contribution in [0.2, 0.25) is 0 Å². The molecular formula is C18H13N5O3S2. The van der Waals surface area contributed by atoms with Gasteiger partial charge in [-0.2, -0.15) is 0 Å². The van der Waals surface area contributed by atoms with Crippen LogP contribution in [0.25, 0.3) is 11.3 Å². The fourth-order valence-electron chi connectivity index (χ4n) is 2.32. The third-order valence-electron chi connectivity index (χ3n) is 3.57.